The largest absolute Gasteiger partial charge is 0.492 e. The lowest BCUT2D eigenvalue weighted by molar-refractivity contribution is -0.134. The minimum atomic E-state index is -0.657. The van der Waals surface area contributed by atoms with Gasteiger partial charge in [0.2, 0.25) is 5.76 Å². The number of aliphatic hydroxyl groups excluding tert-OH is 3. The first-order chi connectivity index (χ1) is 15.5. The molecule has 0 radical (unpaired) electrons. The van der Waals surface area contributed by atoms with Crippen LogP contribution in [0.15, 0.2) is 34.7 Å². The molecule has 0 amide bonds. The third kappa shape index (κ3) is 3.15. The molecule has 5 rings (SSSR count). The van der Waals surface area contributed by atoms with Crippen LogP contribution >= 0.6 is 0 Å². The number of ether oxygens (including phenoxy) is 3. The summed E-state index contributed by atoms with van der Waals surface area (Å²) in [5.74, 6) is 0.877. The normalized spacial score (nSPS) is 39.8. The Hall–Kier alpha value is -1.87. The number of carbonyl (C=O) groups is 1. The molecule has 2 bridgehead atoms. The van der Waals surface area contributed by atoms with Crippen molar-refractivity contribution in [1.82, 2.24) is 4.90 Å². The van der Waals surface area contributed by atoms with Crippen LogP contribution in [0.1, 0.15) is 45.4 Å². The van der Waals surface area contributed by atoms with E-state index in [9.17, 15) is 20.1 Å². The monoisotopic (exact) mass is 447 g/mol. The summed E-state index contributed by atoms with van der Waals surface area (Å²) in [4.78, 5) is 14.8. The van der Waals surface area contributed by atoms with Gasteiger partial charge < -0.3 is 29.5 Å². The van der Waals surface area contributed by atoms with Crippen molar-refractivity contribution in [3.63, 3.8) is 0 Å². The number of carbonyl (C=O) groups excluding carboxylic acids is 1. The molecule has 176 valence electrons. The molecule has 8 heteroatoms. The maximum atomic E-state index is 12.2. The fraction of sp³-hybridized carbons (Fsp3) is 0.708. The van der Waals surface area contributed by atoms with Crippen LogP contribution in [0.4, 0.5) is 0 Å². The maximum absolute atomic E-state index is 12.2. The Morgan fingerprint density at radius 3 is 2.69 bits per heavy atom. The number of hydrogen-bond donors (Lipinski definition) is 3. The zero-order chi connectivity index (χ0) is 22.6. The van der Waals surface area contributed by atoms with Crippen LogP contribution in [-0.4, -0.2) is 70.7 Å². The van der Waals surface area contributed by atoms with Gasteiger partial charge in [0.25, 0.3) is 0 Å². The zero-order valence-electron chi connectivity index (χ0n) is 18.7. The van der Waals surface area contributed by atoms with Crippen LogP contribution in [0.3, 0.4) is 0 Å². The molecule has 3 N–H and O–H groups in total. The van der Waals surface area contributed by atoms with Crippen LogP contribution in [0, 0.1) is 17.8 Å². The molecule has 8 nitrogen and oxygen atoms in total. The highest BCUT2D eigenvalue weighted by Gasteiger charge is 2.55. The Labute approximate surface area is 188 Å². The van der Waals surface area contributed by atoms with E-state index in [1.807, 2.05) is 6.92 Å². The highest BCUT2D eigenvalue weighted by molar-refractivity contribution is 5.94. The predicted molar refractivity (Wildman–Crippen MR) is 114 cm³/mol. The summed E-state index contributed by atoms with van der Waals surface area (Å²) < 4.78 is 17.1. The number of rotatable bonds is 5. The van der Waals surface area contributed by atoms with E-state index in [-0.39, 0.29) is 47.8 Å². The van der Waals surface area contributed by atoms with E-state index >= 15 is 0 Å². The first-order valence-electron chi connectivity index (χ1n) is 11.8. The Morgan fingerprint density at radius 2 is 2.00 bits per heavy atom. The standard InChI is InChI=1S/C24H33NO7/c1-3-17(28)20-12-4-6-13-7-9-18-19(16(8-5-12)25(13)20)14(10-26)22(31-18)23-21(30-2)15(11-27)24(29)32-23/h9,12-14,16-17,19-20,26-28H,3-8,10-11H2,1-2H3/b23-22-/t12-,13+,14+,16+,17+,19-,20+/m1/s1. The van der Waals surface area contributed by atoms with Crippen molar-refractivity contribution in [3.05, 3.63) is 34.7 Å². The molecule has 0 saturated carbocycles. The average Bonchev–Trinajstić information content (AvgIpc) is 3.27. The van der Waals surface area contributed by atoms with Gasteiger partial charge in [-0.25, -0.2) is 4.79 Å². The van der Waals surface area contributed by atoms with E-state index in [1.54, 1.807) is 0 Å². The molecule has 7 atom stereocenters. The second kappa shape index (κ2) is 8.48. The molecular weight excluding hydrogens is 414 g/mol. The van der Waals surface area contributed by atoms with Crippen LogP contribution in [0.25, 0.3) is 0 Å². The maximum Gasteiger partial charge on any atom is 0.345 e. The van der Waals surface area contributed by atoms with Gasteiger partial charge in [-0.3, -0.25) is 4.90 Å². The first-order valence-corrected chi connectivity index (χ1v) is 11.8. The van der Waals surface area contributed by atoms with E-state index in [2.05, 4.69) is 11.0 Å². The number of aliphatic hydroxyl groups is 3. The van der Waals surface area contributed by atoms with Crippen LogP contribution in [0.5, 0.6) is 0 Å². The highest BCUT2D eigenvalue weighted by Crippen LogP contribution is 2.53. The van der Waals surface area contributed by atoms with Gasteiger partial charge in [0.1, 0.15) is 11.3 Å². The van der Waals surface area contributed by atoms with E-state index in [0.717, 1.165) is 44.3 Å². The summed E-state index contributed by atoms with van der Waals surface area (Å²) in [5, 5.41) is 31.0. The van der Waals surface area contributed by atoms with Crippen LogP contribution < -0.4 is 0 Å². The lowest BCUT2D eigenvalue weighted by Crippen LogP contribution is -2.64. The Balaban J connectivity index is 1.57. The number of nitrogens with zero attached hydrogens (tertiary/aromatic N) is 1. The Bertz CT molecular complexity index is 878. The van der Waals surface area contributed by atoms with E-state index < -0.39 is 18.5 Å². The van der Waals surface area contributed by atoms with Gasteiger partial charge in [-0.15, -0.1) is 0 Å². The third-order valence-electron chi connectivity index (χ3n) is 8.18. The Kier molecular flexibility index (Phi) is 5.82. The second-order valence-electron chi connectivity index (χ2n) is 9.56. The fourth-order valence-electron chi connectivity index (χ4n) is 6.79. The number of esters is 1. The van der Waals surface area contributed by atoms with Crippen molar-refractivity contribution in [2.45, 2.75) is 69.7 Å². The fourth-order valence-corrected chi connectivity index (χ4v) is 6.79. The molecule has 0 aromatic carbocycles. The van der Waals surface area contributed by atoms with Crippen molar-refractivity contribution < 1.29 is 34.3 Å². The summed E-state index contributed by atoms with van der Waals surface area (Å²) in [6.45, 7) is 1.38. The molecule has 3 saturated heterocycles. The predicted octanol–water partition coefficient (Wildman–Crippen LogP) is 1.57. The smallest absolute Gasteiger partial charge is 0.345 e. The molecule has 3 fully saturated rings. The number of cyclic esters (lactones) is 1. The Morgan fingerprint density at radius 1 is 1.22 bits per heavy atom. The molecular formula is C24H33NO7. The van der Waals surface area contributed by atoms with Gasteiger partial charge in [0.05, 0.1) is 32.3 Å². The highest BCUT2D eigenvalue weighted by atomic mass is 16.6. The van der Waals surface area contributed by atoms with Crippen LogP contribution in [0.2, 0.25) is 0 Å². The van der Waals surface area contributed by atoms with Gasteiger partial charge in [-0.2, -0.15) is 0 Å². The minimum Gasteiger partial charge on any atom is -0.492 e. The molecule has 0 spiro atoms. The van der Waals surface area contributed by atoms with Gasteiger partial charge in [0.15, 0.2) is 11.5 Å². The molecule has 0 aromatic rings. The summed E-state index contributed by atoms with van der Waals surface area (Å²) in [5.41, 5.74) is 0.0547. The summed E-state index contributed by atoms with van der Waals surface area (Å²) in [6.07, 6.45) is 7.59. The lowest BCUT2D eigenvalue weighted by Gasteiger charge is -2.56. The van der Waals surface area contributed by atoms with Gasteiger partial charge >= 0.3 is 5.97 Å². The molecule has 0 aromatic heterocycles. The van der Waals surface area contributed by atoms with E-state index in [0.29, 0.717) is 17.7 Å². The summed E-state index contributed by atoms with van der Waals surface area (Å²) in [7, 11) is 1.42. The third-order valence-corrected chi connectivity index (χ3v) is 8.18. The summed E-state index contributed by atoms with van der Waals surface area (Å²) >= 11 is 0. The zero-order valence-corrected chi connectivity index (χ0v) is 18.7. The molecule has 5 aliphatic rings. The molecule has 5 aliphatic heterocycles. The average molecular weight is 448 g/mol. The van der Waals surface area contributed by atoms with Gasteiger partial charge in [-0.1, -0.05) is 6.92 Å². The number of hydrogen-bond acceptors (Lipinski definition) is 8. The SMILES string of the molecule is CC[C@H](O)[C@@H]1[C@@H]2CC[C@H]3CC=C4O/C(=C5\OC(=O)C(CO)=C5OC)[C@@H](CO)[C@@H]4[C@H](CC2)N31. The van der Waals surface area contributed by atoms with E-state index in [4.69, 9.17) is 14.2 Å². The number of piperidine rings is 2. The quantitative estimate of drug-likeness (QED) is 0.545. The van der Waals surface area contributed by atoms with Crippen molar-refractivity contribution in [2.24, 2.45) is 17.8 Å². The van der Waals surface area contributed by atoms with Crippen LogP contribution in [-0.2, 0) is 19.0 Å². The summed E-state index contributed by atoms with van der Waals surface area (Å²) in [6, 6.07) is 0.622. The number of fused-ring (bicyclic) bond motifs is 3. The minimum absolute atomic E-state index is 0.0547. The van der Waals surface area contributed by atoms with Crippen molar-refractivity contribution in [3.8, 4) is 0 Å². The lowest BCUT2D eigenvalue weighted by atomic mass is 9.70. The molecule has 5 heterocycles. The first kappa shape index (κ1) is 21.9. The van der Waals surface area contributed by atoms with Gasteiger partial charge in [-0.05, 0) is 50.5 Å². The van der Waals surface area contributed by atoms with Crippen molar-refractivity contribution in [1.29, 1.82) is 0 Å². The molecule has 0 aliphatic carbocycles. The molecule has 0 unspecified atom stereocenters. The molecule has 32 heavy (non-hydrogen) atoms. The van der Waals surface area contributed by atoms with Gasteiger partial charge in [0, 0.05) is 24.0 Å². The van der Waals surface area contributed by atoms with E-state index in [1.165, 1.54) is 7.11 Å². The topological polar surface area (TPSA) is 109 Å². The number of methoxy groups -OCH3 is 1. The van der Waals surface area contributed by atoms with Crippen molar-refractivity contribution in [2.75, 3.05) is 20.3 Å². The van der Waals surface area contributed by atoms with Crippen molar-refractivity contribution >= 4 is 5.97 Å². The second-order valence-corrected chi connectivity index (χ2v) is 9.56.